The maximum absolute atomic E-state index is 5.10. The van der Waals surface area contributed by atoms with Crippen molar-refractivity contribution in [2.75, 3.05) is 12.4 Å². The van der Waals surface area contributed by atoms with Crippen LogP contribution in [0.15, 0.2) is 42.6 Å². The number of rotatable bonds is 3. The zero-order valence-electron chi connectivity index (χ0n) is 8.97. The molecule has 0 amide bonds. The van der Waals surface area contributed by atoms with Gasteiger partial charge in [-0.05, 0) is 0 Å². The first-order valence-corrected chi connectivity index (χ1v) is 6.12. The second-order valence-corrected chi connectivity index (χ2v) is 4.60. The van der Waals surface area contributed by atoms with Crippen LogP contribution in [0, 0.1) is 0 Å². The van der Waals surface area contributed by atoms with Gasteiger partial charge in [0.05, 0.1) is 0 Å². The number of pyridine rings is 1. The molecule has 0 saturated heterocycles. The molecule has 0 aliphatic heterocycles. The zero-order chi connectivity index (χ0) is 11.4. The second kappa shape index (κ2) is 5.04. The molecule has 2 aromatic rings. The molecule has 1 aromatic heterocycles. The fourth-order valence-corrected chi connectivity index (χ4v) is 1.87. The van der Waals surface area contributed by atoms with E-state index in [-0.39, 0.29) is 0 Å². The SMILES string of the molecule is COc1ccc(Nc2ncccc2[AsH2])cc1. The van der Waals surface area contributed by atoms with E-state index in [0.29, 0.717) is 0 Å². The van der Waals surface area contributed by atoms with E-state index in [1.807, 2.05) is 30.3 Å². The summed E-state index contributed by atoms with van der Waals surface area (Å²) in [5.41, 5.74) is 1.01. The Balaban J connectivity index is 2.18. The van der Waals surface area contributed by atoms with Crippen LogP contribution in [0.5, 0.6) is 5.75 Å². The predicted molar refractivity (Wildman–Crippen MR) is 68.7 cm³/mol. The third-order valence-corrected chi connectivity index (χ3v) is 3.17. The van der Waals surface area contributed by atoms with E-state index in [9.17, 15) is 0 Å². The molecule has 1 N–H and O–H groups in total. The minimum atomic E-state index is 0.854. The van der Waals surface area contributed by atoms with Crippen LogP contribution in [0.3, 0.4) is 0 Å². The van der Waals surface area contributed by atoms with Crippen molar-refractivity contribution >= 4 is 32.7 Å². The number of aromatic nitrogens is 1. The van der Waals surface area contributed by atoms with Gasteiger partial charge in [-0.3, -0.25) is 0 Å². The summed E-state index contributed by atoms with van der Waals surface area (Å²) < 4.78 is 6.29. The average molecular weight is 276 g/mol. The molecule has 0 aliphatic rings. The van der Waals surface area contributed by atoms with Gasteiger partial charge in [-0.25, -0.2) is 0 Å². The first-order valence-electron chi connectivity index (χ1n) is 4.91. The zero-order valence-corrected chi connectivity index (χ0v) is 11.4. The first kappa shape index (κ1) is 11.0. The molecule has 3 nitrogen and oxygen atoms in total. The standard InChI is InChI=1S/C12H13AsN2O/c1-16-10-6-4-9(5-7-10)15-12-11(13)3-2-8-14-12/h2-8H,13H2,1H3,(H,14,15). The van der Waals surface area contributed by atoms with Gasteiger partial charge in [-0.2, -0.15) is 0 Å². The van der Waals surface area contributed by atoms with Crippen molar-refractivity contribution in [1.82, 2.24) is 4.98 Å². The Morgan fingerprint density at radius 3 is 2.56 bits per heavy atom. The average Bonchev–Trinajstić information content (AvgIpc) is 2.33. The van der Waals surface area contributed by atoms with Gasteiger partial charge < -0.3 is 0 Å². The molecule has 1 unspecified atom stereocenters. The second-order valence-electron chi connectivity index (χ2n) is 3.29. The van der Waals surface area contributed by atoms with Crippen LogP contribution < -0.4 is 14.4 Å². The molecule has 0 bridgehead atoms. The first-order chi connectivity index (χ1) is 7.79. The molecule has 1 atom stereocenters. The van der Waals surface area contributed by atoms with E-state index in [0.717, 1.165) is 17.3 Å². The van der Waals surface area contributed by atoms with Crippen molar-refractivity contribution < 1.29 is 4.74 Å². The normalized spacial score (nSPS) is 9.88. The molecular formula is C12H13AsN2O. The third kappa shape index (κ3) is 2.55. The Hall–Kier alpha value is -1.47. The van der Waals surface area contributed by atoms with Crippen LogP contribution in [0.25, 0.3) is 0 Å². The van der Waals surface area contributed by atoms with Gasteiger partial charge in [-0.15, -0.1) is 0 Å². The molecule has 0 saturated carbocycles. The topological polar surface area (TPSA) is 34.1 Å². The molecule has 1 heterocycles. The van der Waals surface area contributed by atoms with E-state index in [1.165, 1.54) is 4.35 Å². The summed E-state index contributed by atoms with van der Waals surface area (Å²) in [7, 11) is 1.66. The Labute approximate surface area is 103 Å². The van der Waals surface area contributed by atoms with Gasteiger partial charge in [0.15, 0.2) is 0 Å². The quantitative estimate of drug-likeness (QED) is 0.852. The molecule has 16 heavy (non-hydrogen) atoms. The van der Waals surface area contributed by atoms with Crippen LogP contribution in [-0.4, -0.2) is 28.9 Å². The molecule has 0 aliphatic carbocycles. The van der Waals surface area contributed by atoms with Gasteiger partial charge in [0, 0.05) is 0 Å². The fourth-order valence-electron chi connectivity index (χ4n) is 1.33. The monoisotopic (exact) mass is 276 g/mol. The molecule has 4 heteroatoms. The van der Waals surface area contributed by atoms with Gasteiger partial charge >= 0.3 is 103 Å². The molecule has 82 valence electrons. The predicted octanol–water partition coefficient (Wildman–Crippen LogP) is 1.09. The summed E-state index contributed by atoms with van der Waals surface area (Å²) in [6.07, 6.45) is 1.79. The summed E-state index contributed by atoms with van der Waals surface area (Å²) in [6.45, 7) is 0. The van der Waals surface area contributed by atoms with Crippen molar-refractivity contribution in [1.29, 1.82) is 0 Å². The number of nitrogens with zero attached hydrogens (tertiary/aromatic N) is 1. The van der Waals surface area contributed by atoms with Gasteiger partial charge in [-0.1, -0.05) is 0 Å². The maximum atomic E-state index is 5.10. The summed E-state index contributed by atoms with van der Waals surface area (Å²) in [5, 5.41) is 3.27. The number of benzene rings is 1. The molecule has 0 spiro atoms. The molecular weight excluding hydrogens is 263 g/mol. The van der Waals surface area contributed by atoms with Gasteiger partial charge in [0.1, 0.15) is 0 Å². The Morgan fingerprint density at radius 1 is 1.19 bits per heavy atom. The van der Waals surface area contributed by atoms with Crippen molar-refractivity contribution in [2.45, 2.75) is 0 Å². The van der Waals surface area contributed by atoms with E-state index in [1.54, 1.807) is 30.2 Å². The van der Waals surface area contributed by atoms with Crippen LogP contribution in [0.2, 0.25) is 0 Å². The number of anilines is 2. The molecule has 1 aromatic carbocycles. The van der Waals surface area contributed by atoms with Crippen molar-refractivity contribution in [3.05, 3.63) is 42.6 Å². The number of ether oxygens (including phenoxy) is 1. The van der Waals surface area contributed by atoms with E-state index in [2.05, 4.69) is 16.4 Å². The summed E-state index contributed by atoms with van der Waals surface area (Å²) in [4.78, 5) is 4.29. The minimum absolute atomic E-state index is 0.854. The third-order valence-electron chi connectivity index (χ3n) is 2.19. The molecule has 0 fully saturated rings. The van der Waals surface area contributed by atoms with Crippen LogP contribution in [0.4, 0.5) is 11.5 Å². The van der Waals surface area contributed by atoms with Crippen molar-refractivity contribution in [2.24, 2.45) is 0 Å². The Morgan fingerprint density at radius 2 is 1.94 bits per heavy atom. The molecule has 2 rings (SSSR count). The number of hydrogen-bond donors (Lipinski definition) is 1. The van der Waals surface area contributed by atoms with Crippen LogP contribution in [0.1, 0.15) is 0 Å². The van der Waals surface area contributed by atoms with Crippen molar-refractivity contribution in [3.63, 3.8) is 0 Å². The Bertz CT molecular complexity index is 471. The van der Waals surface area contributed by atoms with E-state index in [4.69, 9.17) is 4.74 Å². The van der Waals surface area contributed by atoms with Gasteiger partial charge in [0.2, 0.25) is 0 Å². The summed E-state index contributed by atoms with van der Waals surface area (Å²) in [6, 6.07) is 11.8. The number of hydrogen-bond acceptors (Lipinski definition) is 3. The van der Waals surface area contributed by atoms with Crippen molar-refractivity contribution in [3.8, 4) is 5.75 Å². The molecule has 0 radical (unpaired) electrons. The summed E-state index contributed by atoms with van der Waals surface area (Å²) in [5.74, 6) is 1.76. The van der Waals surface area contributed by atoms with E-state index >= 15 is 0 Å². The van der Waals surface area contributed by atoms with Crippen LogP contribution >= 0.6 is 0 Å². The fraction of sp³-hybridized carbons (Fsp3) is 0.0833. The number of methoxy groups -OCH3 is 1. The summed E-state index contributed by atoms with van der Waals surface area (Å²) >= 11 is 1.56. The number of nitrogens with one attached hydrogen (secondary N) is 1. The van der Waals surface area contributed by atoms with Crippen LogP contribution in [-0.2, 0) is 0 Å². The van der Waals surface area contributed by atoms with E-state index < -0.39 is 0 Å². The van der Waals surface area contributed by atoms with Gasteiger partial charge in [0.25, 0.3) is 0 Å². The Kier molecular flexibility index (Phi) is 3.47.